The van der Waals surface area contributed by atoms with Gasteiger partial charge >= 0.3 is 5.69 Å². The van der Waals surface area contributed by atoms with Crippen molar-refractivity contribution in [3.8, 4) is 11.8 Å². The molecule has 0 saturated heterocycles. The van der Waals surface area contributed by atoms with E-state index in [0.29, 0.717) is 10.2 Å². The fourth-order valence-corrected chi connectivity index (χ4v) is 2.36. The minimum absolute atomic E-state index is 0.163. The number of nitrogens with zero attached hydrogens (tertiary/aromatic N) is 2. The standard InChI is InChI=1S/C13H16IN3O3/c1-3-16-7-9(2)8-20-13-11(14)4-10(6-15)5-12(13)17(18)19/h4-5,9,16H,3,7-8H2,1-2H3. The highest BCUT2D eigenvalue weighted by atomic mass is 127. The van der Waals surface area contributed by atoms with Gasteiger partial charge in [-0.15, -0.1) is 0 Å². The van der Waals surface area contributed by atoms with Gasteiger partial charge in [-0.3, -0.25) is 10.1 Å². The van der Waals surface area contributed by atoms with Crippen LogP contribution in [-0.2, 0) is 0 Å². The summed E-state index contributed by atoms with van der Waals surface area (Å²) >= 11 is 1.95. The van der Waals surface area contributed by atoms with Gasteiger partial charge in [-0.1, -0.05) is 13.8 Å². The molecule has 7 heteroatoms. The van der Waals surface area contributed by atoms with Crippen LogP contribution < -0.4 is 10.1 Å². The molecule has 0 saturated carbocycles. The van der Waals surface area contributed by atoms with Crippen molar-refractivity contribution in [2.45, 2.75) is 13.8 Å². The fraction of sp³-hybridized carbons (Fsp3) is 0.462. The maximum absolute atomic E-state index is 11.1. The largest absolute Gasteiger partial charge is 0.486 e. The van der Waals surface area contributed by atoms with E-state index in [4.69, 9.17) is 10.00 Å². The molecular weight excluding hydrogens is 373 g/mol. The van der Waals surface area contributed by atoms with E-state index in [1.807, 2.05) is 42.5 Å². The molecule has 1 rings (SSSR count). The van der Waals surface area contributed by atoms with Crippen LogP contribution in [0.15, 0.2) is 12.1 Å². The molecule has 0 radical (unpaired) electrons. The van der Waals surface area contributed by atoms with E-state index in [-0.39, 0.29) is 22.9 Å². The molecule has 0 aliphatic carbocycles. The van der Waals surface area contributed by atoms with Crippen molar-refractivity contribution in [2.75, 3.05) is 19.7 Å². The Morgan fingerprint density at radius 2 is 2.30 bits per heavy atom. The Balaban J connectivity index is 2.89. The number of nitrogens with one attached hydrogen (secondary N) is 1. The lowest BCUT2D eigenvalue weighted by Crippen LogP contribution is -2.25. The summed E-state index contributed by atoms with van der Waals surface area (Å²) in [5.41, 5.74) is 0.0956. The summed E-state index contributed by atoms with van der Waals surface area (Å²) < 4.78 is 6.16. The third kappa shape index (κ3) is 4.61. The van der Waals surface area contributed by atoms with E-state index in [2.05, 4.69) is 5.32 Å². The predicted molar refractivity (Wildman–Crippen MR) is 83.7 cm³/mol. The zero-order valence-corrected chi connectivity index (χ0v) is 13.5. The monoisotopic (exact) mass is 389 g/mol. The number of halogens is 1. The number of hydrogen-bond acceptors (Lipinski definition) is 5. The van der Waals surface area contributed by atoms with Crippen LogP contribution in [0, 0.1) is 30.9 Å². The Kier molecular flexibility index (Phi) is 6.67. The fourth-order valence-electron chi connectivity index (χ4n) is 1.60. The van der Waals surface area contributed by atoms with Crippen molar-refractivity contribution in [3.63, 3.8) is 0 Å². The molecule has 1 N–H and O–H groups in total. The van der Waals surface area contributed by atoms with E-state index in [9.17, 15) is 10.1 Å². The molecule has 0 spiro atoms. The van der Waals surface area contributed by atoms with E-state index >= 15 is 0 Å². The third-order valence-corrected chi connectivity index (χ3v) is 3.41. The van der Waals surface area contributed by atoms with Gasteiger partial charge in [0.1, 0.15) is 0 Å². The number of hydrogen-bond donors (Lipinski definition) is 1. The molecule has 0 bridgehead atoms. The molecular formula is C13H16IN3O3. The molecule has 1 atom stereocenters. The lowest BCUT2D eigenvalue weighted by molar-refractivity contribution is -0.386. The van der Waals surface area contributed by atoms with Crippen LogP contribution in [-0.4, -0.2) is 24.6 Å². The van der Waals surface area contributed by atoms with Crippen LogP contribution in [0.25, 0.3) is 0 Å². The van der Waals surface area contributed by atoms with Gasteiger partial charge in [0.15, 0.2) is 0 Å². The second-order valence-electron chi connectivity index (χ2n) is 4.40. The Hall–Kier alpha value is -1.40. The summed E-state index contributed by atoms with van der Waals surface area (Å²) in [5.74, 6) is 0.471. The van der Waals surface area contributed by atoms with Crippen molar-refractivity contribution < 1.29 is 9.66 Å². The molecule has 0 aliphatic rings. The van der Waals surface area contributed by atoms with Crippen molar-refractivity contribution >= 4 is 28.3 Å². The van der Waals surface area contributed by atoms with Crippen LogP contribution in [0.2, 0.25) is 0 Å². The molecule has 0 fully saturated rings. The predicted octanol–water partition coefficient (Wildman–Crippen LogP) is 2.70. The SMILES string of the molecule is CCNCC(C)COc1c(I)cc(C#N)cc1[N+](=O)[O-]. The lowest BCUT2D eigenvalue weighted by atomic mass is 10.2. The zero-order chi connectivity index (χ0) is 15.1. The molecule has 0 aliphatic heterocycles. The third-order valence-electron chi connectivity index (χ3n) is 2.60. The van der Waals surface area contributed by atoms with Crippen molar-refractivity contribution in [1.82, 2.24) is 5.32 Å². The summed E-state index contributed by atoms with van der Waals surface area (Å²) in [4.78, 5) is 10.5. The van der Waals surface area contributed by atoms with Crippen molar-refractivity contribution in [1.29, 1.82) is 5.26 Å². The smallest absolute Gasteiger partial charge is 0.313 e. The van der Waals surface area contributed by atoms with Crippen LogP contribution >= 0.6 is 22.6 Å². The van der Waals surface area contributed by atoms with Gasteiger partial charge in [0.05, 0.1) is 26.7 Å². The molecule has 6 nitrogen and oxygen atoms in total. The second kappa shape index (κ2) is 8.01. The average Bonchev–Trinajstić information content (AvgIpc) is 2.42. The van der Waals surface area contributed by atoms with Gasteiger partial charge in [0, 0.05) is 18.5 Å². The maximum Gasteiger partial charge on any atom is 0.313 e. The van der Waals surface area contributed by atoms with E-state index in [0.717, 1.165) is 13.1 Å². The minimum atomic E-state index is -0.521. The first-order valence-corrected chi connectivity index (χ1v) is 7.29. The van der Waals surface area contributed by atoms with Crippen molar-refractivity contribution in [3.05, 3.63) is 31.4 Å². The Morgan fingerprint density at radius 1 is 1.60 bits per heavy atom. The van der Waals surface area contributed by atoms with Gasteiger partial charge in [-0.2, -0.15) is 5.26 Å². The van der Waals surface area contributed by atoms with E-state index in [1.165, 1.54) is 6.07 Å². The van der Waals surface area contributed by atoms with Crippen LogP contribution in [0.5, 0.6) is 5.75 Å². The van der Waals surface area contributed by atoms with E-state index in [1.54, 1.807) is 6.07 Å². The molecule has 0 heterocycles. The van der Waals surface area contributed by atoms with Crippen LogP contribution in [0.1, 0.15) is 19.4 Å². The first kappa shape index (κ1) is 16.7. The maximum atomic E-state index is 11.1. The van der Waals surface area contributed by atoms with Gasteiger partial charge in [-0.05, 0) is 35.2 Å². The first-order valence-electron chi connectivity index (χ1n) is 6.21. The van der Waals surface area contributed by atoms with Gasteiger partial charge in [0.2, 0.25) is 5.75 Å². The summed E-state index contributed by atoms with van der Waals surface area (Å²) in [5, 5.41) is 23.1. The normalized spacial score (nSPS) is 11.7. The topological polar surface area (TPSA) is 88.2 Å². The molecule has 108 valence electrons. The summed E-state index contributed by atoms with van der Waals surface area (Å²) in [6.45, 7) is 6.07. The highest BCUT2D eigenvalue weighted by molar-refractivity contribution is 14.1. The molecule has 1 unspecified atom stereocenters. The summed E-state index contributed by atoms with van der Waals surface area (Å²) in [6.07, 6.45) is 0. The summed E-state index contributed by atoms with van der Waals surface area (Å²) in [7, 11) is 0. The minimum Gasteiger partial charge on any atom is -0.486 e. The number of nitriles is 1. The Morgan fingerprint density at radius 3 is 2.85 bits per heavy atom. The molecule has 20 heavy (non-hydrogen) atoms. The number of nitro groups is 1. The van der Waals surface area contributed by atoms with Crippen molar-refractivity contribution in [2.24, 2.45) is 5.92 Å². The number of ether oxygens (including phenoxy) is 1. The quantitative estimate of drug-likeness (QED) is 0.440. The van der Waals surface area contributed by atoms with Gasteiger partial charge in [0.25, 0.3) is 0 Å². The summed E-state index contributed by atoms with van der Waals surface area (Å²) in [6, 6.07) is 4.73. The molecule has 0 aromatic heterocycles. The Labute approximate surface area is 131 Å². The number of nitro benzene ring substituents is 1. The number of rotatable bonds is 7. The van der Waals surface area contributed by atoms with Gasteiger partial charge < -0.3 is 10.1 Å². The Bertz CT molecular complexity index is 528. The highest BCUT2D eigenvalue weighted by Gasteiger charge is 2.21. The lowest BCUT2D eigenvalue weighted by Gasteiger charge is -2.14. The molecule has 1 aromatic rings. The average molecular weight is 389 g/mol. The second-order valence-corrected chi connectivity index (χ2v) is 5.56. The number of benzene rings is 1. The first-order chi connectivity index (χ1) is 9.49. The van der Waals surface area contributed by atoms with E-state index < -0.39 is 4.92 Å². The zero-order valence-electron chi connectivity index (χ0n) is 11.4. The molecule has 1 aromatic carbocycles. The van der Waals surface area contributed by atoms with Crippen LogP contribution in [0.3, 0.4) is 0 Å². The highest BCUT2D eigenvalue weighted by Crippen LogP contribution is 2.33. The molecule has 0 amide bonds. The van der Waals surface area contributed by atoms with Crippen LogP contribution in [0.4, 0.5) is 5.69 Å². The van der Waals surface area contributed by atoms with Gasteiger partial charge in [-0.25, -0.2) is 0 Å².